The van der Waals surface area contributed by atoms with Gasteiger partial charge in [0.2, 0.25) is 0 Å². The topological polar surface area (TPSA) is 29.3 Å². The number of nitrogens with zero attached hydrogens (tertiary/aromatic N) is 1. The van der Waals surface area contributed by atoms with Gasteiger partial charge in [0.15, 0.2) is 0 Å². The third kappa shape index (κ3) is 3.02. The van der Waals surface area contributed by atoms with Crippen LogP contribution in [0.3, 0.4) is 0 Å². The monoisotopic (exact) mass is 236 g/mol. The van der Waals surface area contributed by atoms with E-state index < -0.39 is 0 Å². The van der Waals surface area contributed by atoms with Crippen LogP contribution >= 0.6 is 24.2 Å². The van der Waals surface area contributed by atoms with Crippen LogP contribution in [0.1, 0.15) is 13.3 Å². The summed E-state index contributed by atoms with van der Waals surface area (Å²) < 4.78 is 0. The molecule has 0 aliphatic carbocycles. The molecule has 0 amide bonds. The molecule has 2 aliphatic rings. The quantitative estimate of drug-likeness (QED) is 0.787. The normalized spacial score (nSPS) is 38.6. The molecule has 0 saturated carbocycles. The fourth-order valence-corrected chi connectivity index (χ4v) is 3.61. The van der Waals surface area contributed by atoms with E-state index in [1.807, 2.05) is 0 Å². The van der Waals surface area contributed by atoms with Gasteiger partial charge >= 0.3 is 0 Å². The molecule has 0 aromatic rings. The Balaban J connectivity index is 0.000000980. The van der Waals surface area contributed by atoms with Gasteiger partial charge in [0.05, 0.1) is 0 Å². The molecule has 0 bridgehead atoms. The van der Waals surface area contributed by atoms with Gasteiger partial charge in [-0.3, -0.25) is 0 Å². The molecule has 4 heteroatoms. The maximum atomic E-state index is 6.00. The van der Waals surface area contributed by atoms with Crippen molar-refractivity contribution in [3.05, 3.63) is 0 Å². The fraction of sp³-hybridized carbons (Fsp3) is 1.00. The number of nitrogens with two attached hydrogens (primary N) is 1. The summed E-state index contributed by atoms with van der Waals surface area (Å²) >= 11 is 2.11. The molecule has 0 radical (unpaired) electrons. The Labute approximate surface area is 97.4 Å². The van der Waals surface area contributed by atoms with Crippen LogP contribution < -0.4 is 5.73 Å². The molecule has 84 valence electrons. The van der Waals surface area contributed by atoms with Gasteiger partial charge in [0.1, 0.15) is 0 Å². The van der Waals surface area contributed by atoms with Crippen LogP contribution in [0.15, 0.2) is 0 Å². The second-order valence-corrected chi connectivity index (χ2v) is 5.74. The first-order valence-corrected chi connectivity index (χ1v) is 6.47. The largest absolute Gasteiger partial charge is 0.326 e. The molecule has 2 heterocycles. The van der Waals surface area contributed by atoms with E-state index in [9.17, 15) is 0 Å². The third-order valence-electron chi connectivity index (χ3n) is 3.29. The number of hydrogen-bond donors (Lipinski definition) is 1. The highest BCUT2D eigenvalue weighted by Crippen LogP contribution is 2.26. The molecule has 0 spiro atoms. The molecule has 2 fully saturated rings. The SMILES string of the molecule is CC1CN(CC2CCSC2)CC1N.Cl. The van der Waals surface area contributed by atoms with Crippen LogP contribution in [0, 0.1) is 11.8 Å². The first-order valence-electron chi connectivity index (χ1n) is 5.31. The van der Waals surface area contributed by atoms with Crippen molar-refractivity contribution in [2.45, 2.75) is 19.4 Å². The van der Waals surface area contributed by atoms with Crippen molar-refractivity contribution >= 4 is 24.2 Å². The summed E-state index contributed by atoms with van der Waals surface area (Å²) in [4.78, 5) is 2.56. The number of rotatable bonds is 2. The summed E-state index contributed by atoms with van der Waals surface area (Å²) in [6.45, 7) is 5.92. The molecule has 0 aromatic heterocycles. The Hall–Kier alpha value is 0.560. The Morgan fingerprint density at radius 2 is 2.21 bits per heavy atom. The van der Waals surface area contributed by atoms with Gasteiger partial charge in [0, 0.05) is 25.7 Å². The summed E-state index contributed by atoms with van der Waals surface area (Å²) in [7, 11) is 0. The molecule has 3 unspecified atom stereocenters. The van der Waals surface area contributed by atoms with E-state index in [1.165, 1.54) is 31.0 Å². The van der Waals surface area contributed by atoms with Gasteiger partial charge in [0.25, 0.3) is 0 Å². The molecule has 0 aromatic carbocycles. The van der Waals surface area contributed by atoms with Crippen molar-refractivity contribution in [2.24, 2.45) is 17.6 Å². The standard InChI is InChI=1S/C10H20N2S.ClH/c1-8-4-12(6-10(8)11)5-9-2-3-13-7-9;/h8-10H,2-7,11H2,1H3;1H. The van der Waals surface area contributed by atoms with E-state index in [1.54, 1.807) is 0 Å². The molecule has 14 heavy (non-hydrogen) atoms. The van der Waals surface area contributed by atoms with Gasteiger partial charge < -0.3 is 10.6 Å². The molecule has 2 saturated heterocycles. The highest BCUT2D eigenvalue weighted by atomic mass is 35.5. The molecule has 2 aliphatic heterocycles. The van der Waals surface area contributed by atoms with E-state index in [-0.39, 0.29) is 12.4 Å². The van der Waals surface area contributed by atoms with Crippen molar-refractivity contribution in [1.29, 1.82) is 0 Å². The van der Waals surface area contributed by atoms with Crippen LogP contribution in [0.2, 0.25) is 0 Å². The average molecular weight is 237 g/mol. The second-order valence-electron chi connectivity index (χ2n) is 4.59. The molecular weight excluding hydrogens is 216 g/mol. The summed E-state index contributed by atoms with van der Waals surface area (Å²) in [6.07, 6.45) is 1.42. The number of thioether (sulfide) groups is 1. The predicted molar refractivity (Wildman–Crippen MR) is 66.3 cm³/mol. The summed E-state index contributed by atoms with van der Waals surface area (Å²) in [6, 6.07) is 0.425. The van der Waals surface area contributed by atoms with Gasteiger partial charge in [-0.2, -0.15) is 11.8 Å². The van der Waals surface area contributed by atoms with Crippen molar-refractivity contribution in [1.82, 2.24) is 4.90 Å². The maximum absolute atomic E-state index is 6.00. The van der Waals surface area contributed by atoms with Crippen molar-refractivity contribution < 1.29 is 0 Å². The predicted octanol–water partition coefficient (Wildman–Crippen LogP) is 1.44. The van der Waals surface area contributed by atoms with Gasteiger partial charge in [-0.05, 0) is 29.8 Å². The Bertz CT molecular complexity index is 164. The first-order chi connectivity index (χ1) is 6.25. The summed E-state index contributed by atoms with van der Waals surface area (Å²) in [5, 5.41) is 0. The van der Waals surface area contributed by atoms with E-state index in [2.05, 4.69) is 23.6 Å². The van der Waals surface area contributed by atoms with Crippen LogP contribution in [-0.4, -0.2) is 42.1 Å². The zero-order chi connectivity index (χ0) is 9.26. The molecule has 2 rings (SSSR count). The lowest BCUT2D eigenvalue weighted by atomic mass is 10.1. The van der Waals surface area contributed by atoms with E-state index >= 15 is 0 Å². The van der Waals surface area contributed by atoms with Crippen LogP contribution in [0.5, 0.6) is 0 Å². The van der Waals surface area contributed by atoms with Crippen molar-refractivity contribution in [3.8, 4) is 0 Å². The van der Waals surface area contributed by atoms with E-state index in [4.69, 9.17) is 5.73 Å². The first kappa shape index (κ1) is 12.6. The highest BCUT2D eigenvalue weighted by Gasteiger charge is 2.28. The van der Waals surface area contributed by atoms with Gasteiger partial charge in [-0.1, -0.05) is 6.92 Å². The number of hydrogen-bond acceptors (Lipinski definition) is 3. The molecule has 3 atom stereocenters. The lowest BCUT2D eigenvalue weighted by Crippen LogP contribution is -2.31. The zero-order valence-electron chi connectivity index (χ0n) is 8.82. The summed E-state index contributed by atoms with van der Waals surface area (Å²) in [5.41, 5.74) is 6.00. The van der Waals surface area contributed by atoms with Gasteiger partial charge in [-0.15, -0.1) is 12.4 Å². The molecule has 2 N–H and O–H groups in total. The third-order valence-corrected chi connectivity index (χ3v) is 4.52. The lowest BCUT2D eigenvalue weighted by molar-refractivity contribution is 0.282. The summed E-state index contributed by atoms with van der Waals surface area (Å²) in [5.74, 6) is 4.40. The van der Waals surface area contributed by atoms with Crippen molar-refractivity contribution in [3.63, 3.8) is 0 Å². The maximum Gasteiger partial charge on any atom is 0.0206 e. The minimum atomic E-state index is 0. The van der Waals surface area contributed by atoms with Crippen LogP contribution in [0.25, 0.3) is 0 Å². The van der Waals surface area contributed by atoms with E-state index in [0.717, 1.165) is 12.5 Å². The van der Waals surface area contributed by atoms with Crippen molar-refractivity contribution in [2.75, 3.05) is 31.1 Å². The Kier molecular flexibility index (Phi) is 5.04. The average Bonchev–Trinajstić information content (AvgIpc) is 2.64. The minimum absolute atomic E-state index is 0. The Morgan fingerprint density at radius 3 is 2.71 bits per heavy atom. The minimum Gasteiger partial charge on any atom is -0.326 e. The number of halogens is 1. The number of likely N-dealkylation sites (tertiary alicyclic amines) is 1. The highest BCUT2D eigenvalue weighted by molar-refractivity contribution is 7.99. The smallest absolute Gasteiger partial charge is 0.0206 e. The van der Waals surface area contributed by atoms with Crippen LogP contribution in [-0.2, 0) is 0 Å². The zero-order valence-corrected chi connectivity index (χ0v) is 10.4. The molecule has 2 nitrogen and oxygen atoms in total. The van der Waals surface area contributed by atoms with E-state index in [0.29, 0.717) is 12.0 Å². The second kappa shape index (κ2) is 5.59. The molecular formula is C10H21ClN2S. The van der Waals surface area contributed by atoms with Gasteiger partial charge in [-0.25, -0.2) is 0 Å². The lowest BCUT2D eigenvalue weighted by Gasteiger charge is -2.19. The Morgan fingerprint density at radius 1 is 1.43 bits per heavy atom. The fourth-order valence-electron chi connectivity index (χ4n) is 2.34. The van der Waals surface area contributed by atoms with Crippen LogP contribution in [0.4, 0.5) is 0 Å².